The van der Waals surface area contributed by atoms with E-state index in [4.69, 9.17) is 0 Å². The summed E-state index contributed by atoms with van der Waals surface area (Å²) >= 11 is 3.35. The molecular formula is C15H21BrO. The molecule has 94 valence electrons. The van der Waals surface area contributed by atoms with E-state index in [-0.39, 0.29) is 5.78 Å². The fourth-order valence-electron chi connectivity index (χ4n) is 1.81. The molecule has 1 nitrogen and oxygen atoms in total. The molecule has 1 aromatic carbocycles. The van der Waals surface area contributed by atoms with Crippen LogP contribution in [0, 0.1) is 0 Å². The zero-order chi connectivity index (χ0) is 12.5. The molecule has 0 saturated heterocycles. The van der Waals surface area contributed by atoms with Crippen LogP contribution in [0.4, 0.5) is 0 Å². The largest absolute Gasteiger partial charge is 0.294 e. The van der Waals surface area contributed by atoms with Gasteiger partial charge in [0.1, 0.15) is 0 Å². The minimum absolute atomic E-state index is 0.254. The number of alkyl halides is 1. The smallest absolute Gasteiger partial charge is 0.162 e. The molecule has 0 heterocycles. The summed E-state index contributed by atoms with van der Waals surface area (Å²) in [5, 5.41) is 0.897. The van der Waals surface area contributed by atoms with Gasteiger partial charge in [0.2, 0.25) is 0 Å². The normalized spacial score (nSPS) is 10.5. The van der Waals surface area contributed by atoms with Crippen LogP contribution in [0.5, 0.6) is 0 Å². The molecule has 1 rings (SSSR count). The predicted molar refractivity (Wildman–Crippen MR) is 77.0 cm³/mol. The van der Waals surface area contributed by atoms with E-state index in [2.05, 4.69) is 35.0 Å². The summed E-state index contributed by atoms with van der Waals surface area (Å²) in [5.74, 6) is 0.254. The first kappa shape index (κ1) is 14.4. The van der Waals surface area contributed by atoms with Crippen LogP contribution in [0.15, 0.2) is 24.3 Å². The van der Waals surface area contributed by atoms with Crippen molar-refractivity contribution >= 4 is 21.7 Å². The predicted octanol–water partition coefficient (Wildman–Crippen LogP) is 4.78. The number of benzene rings is 1. The Morgan fingerprint density at radius 1 is 1.12 bits per heavy atom. The van der Waals surface area contributed by atoms with E-state index < -0.39 is 0 Å². The molecule has 0 amide bonds. The van der Waals surface area contributed by atoms with E-state index in [1.54, 1.807) is 0 Å². The van der Waals surface area contributed by atoms with Crippen LogP contribution in [0.2, 0.25) is 0 Å². The van der Waals surface area contributed by atoms with E-state index in [0.29, 0.717) is 6.42 Å². The first-order valence-corrected chi connectivity index (χ1v) is 7.58. The van der Waals surface area contributed by atoms with E-state index in [9.17, 15) is 4.79 Å². The van der Waals surface area contributed by atoms with Crippen molar-refractivity contribution in [3.63, 3.8) is 0 Å². The zero-order valence-electron chi connectivity index (χ0n) is 10.5. The summed E-state index contributed by atoms with van der Waals surface area (Å²) in [6.45, 7) is 2.21. The Bertz CT molecular complexity index is 329. The van der Waals surface area contributed by atoms with Gasteiger partial charge in [-0.25, -0.2) is 0 Å². The van der Waals surface area contributed by atoms with Crippen LogP contribution in [0.1, 0.15) is 54.9 Å². The van der Waals surface area contributed by atoms with Crippen molar-refractivity contribution in [1.82, 2.24) is 0 Å². The molecule has 0 N–H and O–H groups in total. The highest BCUT2D eigenvalue weighted by molar-refractivity contribution is 9.09. The monoisotopic (exact) mass is 296 g/mol. The number of halogens is 1. The molecule has 17 heavy (non-hydrogen) atoms. The average molecular weight is 297 g/mol. The van der Waals surface area contributed by atoms with Crippen molar-refractivity contribution in [3.05, 3.63) is 35.4 Å². The average Bonchev–Trinajstić information content (AvgIpc) is 2.37. The second kappa shape index (κ2) is 8.46. The Kier molecular flexibility index (Phi) is 7.18. The van der Waals surface area contributed by atoms with Gasteiger partial charge in [-0.15, -0.1) is 0 Å². The Hall–Kier alpha value is -0.630. The highest BCUT2D eigenvalue weighted by atomic mass is 79.9. The lowest BCUT2D eigenvalue weighted by Gasteiger charge is -2.03. The molecule has 0 aliphatic heterocycles. The quantitative estimate of drug-likeness (QED) is 0.383. The molecule has 0 aliphatic carbocycles. The summed E-state index contributed by atoms with van der Waals surface area (Å²) in [5.41, 5.74) is 2.20. The van der Waals surface area contributed by atoms with Crippen molar-refractivity contribution in [3.8, 4) is 0 Å². The number of hydrogen-bond donors (Lipinski definition) is 0. The van der Waals surface area contributed by atoms with Gasteiger partial charge in [-0.3, -0.25) is 4.79 Å². The maximum absolute atomic E-state index is 11.8. The number of ketones is 1. The summed E-state index contributed by atoms with van der Waals surface area (Å²) in [4.78, 5) is 11.8. The molecule has 0 unspecified atom stereocenters. The standard InChI is InChI=1S/C15H21BrO/c1-2-3-4-6-13-8-10-14(11-9-13)15(17)7-5-12-16/h8-11H,2-7,12H2,1H3. The molecular weight excluding hydrogens is 276 g/mol. The Morgan fingerprint density at radius 3 is 2.41 bits per heavy atom. The van der Waals surface area contributed by atoms with Crippen LogP contribution in [-0.2, 0) is 6.42 Å². The molecule has 0 aliphatic rings. The highest BCUT2D eigenvalue weighted by Gasteiger charge is 2.04. The molecule has 0 bridgehead atoms. The Morgan fingerprint density at radius 2 is 1.82 bits per heavy atom. The minimum atomic E-state index is 0.254. The van der Waals surface area contributed by atoms with Gasteiger partial charge in [-0.05, 0) is 24.8 Å². The molecule has 0 atom stereocenters. The Labute approximate surface area is 113 Å². The van der Waals surface area contributed by atoms with Gasteiger partial charge in [-0.2, -0.15) is 0 Å². The van der Waals surface area contributed by atoms with Crippen molar-refractivity contribution in [2.24, 2.45) is 0 Å². The second-order valence-electron chi connectivity index (χ2n) is 4.37. The van der Waals surface area contributed by atoms with Gasteiger partial charge >= 0.3 is 0 Å². The second-order valence-corrected chi connectivity index (χ2v) is 5.16. The summed E-state index contributed by atoms with van der Waals surface area (Å²) in [7, 11) is 0. The van der Waals surface area contributed by atoms with Gasteiger partial charge < -0.3 is 0 Å². The van der Waals surface area contributed by atoms with Gasteiger partial charge in [0, 0.05) is 17.3 Å². The van der Waals surface area contributed by atoms with Gasteiger partial charge in [0.25, 0.3) is 0 Å². The number of carbonyl (C=O) groups excluding carboxylic acids is 1. The summed E-state index contributed by atoms with van der Waals surface area (Å²) in [6.07, 6.45) is 6.46. The van der Waals surface area contributed by atoms with Gasteiger partial charge in [-0.1, -0.05) is 60.0 Å². The third kappa shape index (κ3) is 5.49. The maximum atomic E-state index is 11.8. The SMILES string of the molecule is CCCCCc1ccc(C(=O)CCCBr)cc1. The number of hydrogen-bond acceptors (Lipinski definition) is 1. The van der Waals surface area contributed by atoms with Crippen LogP contribution < -0.4 is 0 Å². The topological polar surface area (TPSA) is 17.1 Å². The van der Waals surface area contributed by atoms with E-state index in [1.165, 1.54) is 24.8 Å². The van der Waals surface area contributed by atoms with Crippen LogP contribution in [-0.4, -0.2) is 11.1 Å². The number of aryl methyl sites for hydroxylation is 1. The Balaban J connectivity index is 2.46. The lowest BCUT2D eigenvalue weighted by atomic mass is 10.0. The molecule has 0 saturated carbocycles. The van der Waals surface area contributed by atoms with Gasteiger partial charge in [0.05, 0.1) is 0 Å². The van der Waals surface area contributed by atoms with Gasteiger partial charge in [0.15, 0.2) is 5.78 Å². The molecule has 2 heteroatoms. The van der Waals surface area contributed by atoms with Crippen molar-refractivity contribution in [2.45, 2.75) is 45.4 Å². The highest BCUT2D eigenvalue weighted by Crippen LogP contribution is 2.11. The van der Waals surface area contributed by atoms with Crippen LogP contribution in [0.25, 0.3) is 0 Å². The van der Waals surface area contributed by atoms with E-state index >= 15 is 0 Å². The van der Waals surface area contributed by atoms with Crippen LogP contribution in [0.3, 0.4) is 0 Å². The number of carbonyl (C=O) groups is 1. The third-order valence-corrected chi connectivity index (χ3v) is 3.44. The molecule has 0 aromatic heterocycles. The molecule has 1 aromatic rings. The number of Topliss-reactive ketones (excluding diaryl/α,β-unsaturated/α-hetero) is 1. The lowest BCUT2D eigenvalue weighted by molar-refractivity contribution is 0.0982. The molecule has 0 fully saturated rings. The van der Waals surface area contributed by atoms with Crippen molar-refractivity contribution in [2.75, 3.05) is 5.33 Å². The maximum Gasteiger partial charge on any atom is 0.162 e. The minimum Gasteiger partial charge on any atom is -0.294 e. The van der Waals surface area contributed by atoms with Crippen LogP contribution >= 0.6 is 15.9 Å². The third-order valence-electron chi connectivity index (χ3n) is 2.88. The zero-order valence-corrected chi connectivity index (χ0v) is 12.1. The van der Waals surface area contributed by atoms with E-state index in [0.717, 1.165) is 23.7 Å². The molecule has 0 radical (unpaired) electrons. The molecule has 0 spiro atoms. The number of unbranched alkanes of at least 4 members (excludes halogenated alkanes) is 2. The van der Waals surface area contributed by atoms with Crippen molar-refractivity contribution < 1.29 is 4.79 Å². The fourth-order valence-corrected chi connectivity index (χ4v) is 2.09. The summed E-state index contributed by atoms with van der Waals surface area (Å²) in [6, 6.07) is 8.13. The van der Waals surface area contributed by atoms with E-state index in [1.807, 2.05) is 12.1 Å². The fraction of sp³-hybridized carbons (Fsp3) is 0.533. The number of rotatable bonds is 8. The van der Waals surface area contributed by atoms with Crippen molar-refractivity contribution in [1.29, 1.82) is 0 Å². The summed E-state index contributed by atoms with van der Waals surface area (Å²) < 4.78 is 0. The first-order chi connectivity index (χ1) is 8.27. The first-order valence-electron chi connectivity index (χ1n) is 6.46. The lowest BCUT2D eigenvalue weighted by Crippen LogP contribution is -1.99.